The van der Waals surface area contributed by atoms with Gasteiger partial charge in [0, 0.05) is 12.1 Å². The van der Waals surface area contributed by atoms with E-state index in [4.69, 9.17) is 11.5 Å². The molecule has 1 aromatic rings. The summed E-state index contributed by atoms with van der Waals surface area (Å²) in [4.78, 5) is 0. The molecular weight excluding hydrogens is 191 g/mol. The fraction of sp³-hybridized carbons (Fsp3) is 0.500. The smallest absolute Gasteiger partial charge is 0.137 e. The molecule has 0 aliphatic heterocycles. The molecule has 0 amide bonds. The van der Waals surface area contributed by atoms with Gasteiger partial charge in [0.05, 0.1) is 0 Å². The summed E-state index contributed by atoms with van der Waals surface area (Å²) < 4.78 is 12.7. The highest BCUT2D eigenvalue weighted by molar-refractivity contribution is 5.17. The highest BCUT2D eigenvalue weighted by Crippen LogP contribution is 2.30. The lowest BCUT2D eigenvalue weighted by Gasteiger charge is -2.02. The number of benzene rings is 1. The molecule has 0 spiro atoms. The molecule has 1 unspecified atom stereocenters. The van der Waals surface area contributed by atoms with Crippen molar-refractivity contribution < 1.29 is 4.39 Å². The van der Waals surface area contributed by atoms with Crippen molar-refractivity contribution in [3.63, 3.8) is 0 Å². The van der Waals surface area contributed by atoms with Crippen LogP contribution in [0.3, 0.4) is 0 Å². The first-order valence-electron chi connectivity index (χ1n) is 5.23. The van der Waals surface area contributed by atoms with E-state index in [-0.39, 0.29) is 12.1 Å². The molecule has 1 aromatic carbocycles. The minimum absolute atomic E-state index is 0.0595. The molecular formula is C12H19FN2. The molecule has 15 heavy (non-hydrogen) atoms. The van der Waals surface area contributed by atoms with Crippen LogP contribution >= 0.6 is 0 Å². The van der Waals surface area contributed by atoms with E-state index in [1.165, 1.54) is 12.8 Å². The minimum Gasteiger partial charge on any atom is -0.327 e. The summed E-state index contributed by atoms with van der Waals surface area (Å²) in [6.07, 6.45) is 1.45. The van der Waals surface area contributed by atoms with Crippen LogP contribution in [0.1, 0.15) is 31.5 Å². The Morgan fingerprint density at radius 1 is 1.33 bits per heavy atom. The van der Waals surface area contributed by atoms with E-state index in [9.17, 15) is 4.39 Å². The Morgan fingerprint density at radius 2 is 1.80 bits per heavy atom. The minimum atomic E-state index is -1.01. The quantitative estimate of drug-likeness (QED) is 0.786. The Bertz CT molecular complexity index is 279. The van der Waals surface area contributed by atoms with Gasteiger partial charge in [-0.15, -0.1) is 0 Å². The maximum Gasteiger partial charge on any atom is 0.137 e. The van der Waals surface area contributed by atoms with Crippen LogP contribution in [0.5, 0.6) is 0 Å². The summed E-state index contributed by atoms with van der Waals surface area (Å²) in [6.45, 7) is 2.14. The van der Waals surface area contributed by atoms with E-state index in [2.05, 4.69) is 6.92 Å². The van der Waals surface area contributed by atoms with E-state index in [1.54, 1.807) is 24.3 Å². The summed E-state index contributed by atoms with van der Waals surface area (Å²) in [5.41, 5.74) is 11.5. The van der Waals surface area contributed by atoms with Crippen molar-refractivity contribution in [3.8, 4) is 0 Å². The van der Waals surface area contributed by atoms with Crippen molar-refractivity contribution in [3.05, 3.63) is 35.9 Å². The Hall–Kier alpha value is -0.930. The lowest BCUT2D eigenvalue weighted by molar-refractivity contribution is 0.353. The highest BCUT2D eigenvalue weighted by atomic mass is 19.1. The van der Waals surface area contributed by atoms with E-state index in [0.717, 1.165) is 0 Å². The van der Waals surface area contributed by atoms with Crippen molar-refractivity contribution in [2.45, 2.75) is 31.5 Å². The van der Waals surface area contributed by atoms with Crippen LogP contribution in [0.2, 0.25) is 0 Å². The molecule has 1 aliphatic rings. The Labute approximate surface area is 90.5 Å². The van der Waals surface area contributed by atoms with Gasteiger partial charge in [0.2, 0.25) is 0 Å². The Balaban J connectivity index is 0.000000187. The fourth-order valence-corrected chi connectivity index (χ4v) is 0.995. The number of hydrogen-bond acceptors (Lipinski definition) is 2. The van der Waals surface area contributed by atoms with Crippen molar-refractivity contribution in [1.82, 2.24) is 0 Å². The monoisotopic (exact) mass is 210 g/mol. The number of hydrogen-bond donors (Lipinski definition) is 2. The van der Waals surface area contributed by atoms with Crippen LogP contribution in [0.15, 0.2) is 30.3 Å². The van der Waals surface area contributed by atoms with Gasteiger partial charge in [-0.1, -0.05) is 30.3 Å². The largest absolute Gasteiger partial charge is 0.327 e. The van der Waals surface area contributed by atoms with Gasteiger partial charge in [-0.25, -0.2) is 4.39 Å². The van der Waals surface area contributed by atoms with Gasteiger partial charge in [0.25, 0.3) is 0 Å². The van der Waals surface area contributed by atoms with Gasteiger partial charge < -0.3 is 11.5 Å². The van der Waals surface area contributed by atoms with Crippen LogP contribution in [0, 0.1) is 0 Å². The zero-order chi connectivity index (χ0) is 11.3. The second-order valence-corrected chi connectivity index (χ2v) is 4.27. The first kappa shape index (κ1) is 12.1. The zero-order valence-electron chi connectivity index (χ0n) is 9.12. The van der Waals surface area contributed by atoms with Crippen molar-refractivity contribution in [2.75, 3.05) is 6.54 Å². The topological polar surface area (TPSA) is 52.0 Å². The third kappa shape index (κ3) is 4.91. The lowest BCUT2D eigenvalue weighted by atomic mass is 10.1. The zero-order valence-corrected chi connectivity index (χ0v) is 9.12. The van der Waals surface area contributed by atoms with Crippen LogP contribution in [-0.2, 0) is 0 Å². The highest BCUT2D eigenvalue weighted by Gasteiger charge is 2.31. The molecule has 0 aromatic heterocycles. The average Bonchev–Trinajstić information content (AvgIpc) is 2.95. The predicted molar refractivity (Wildman–Crippen MR) is 61.2 cm³/mol. The van der Waals surface area contributed by atoms with Crippen molar-refractivity contribution in [1.29, 1.82) is 0 Å². The van der Waals surface area contributed by atoms with Gasteiger partial charge in [-0.3, -0.25) is 0 Å². The molecule has 1 atom stereocenters. The van der Waals surface area contributed by atoms with Crippen LogP contribution in [0.25, 0.3) is 0 Å². The fourth-order valence-electron chi connectivity index (χ4n) is 0.995. The van der Waals surface area contributed by atoms with E-state index in [0.29, 0.717) is 5.56 Å². The van der Waals surface area contributed by atoms with E-state index in [1.807, 2.05) is 6.07 Å². The molecule has 4 N–H and O–H groups in total. The van der Waals surface area contributed by atoms with Gasteiger partial charge in [0.15, 0.2) is 0 Å². The summed E-state index contributed by atoms with van der Waals surface area (Å²) in [5, 5.41) is 0. The maximum atomic E-state index is 12.7. The van der Waals surface area contributed by atoms with Crippen LogP contribution < -0.4 is 11.5 Å². The number of nitrogens with two attached hydrogens (primary N) is 2. The molecule has 0 bridgehead atoms. The molecule has 3 heteroatoms. The number of alkyl halides is 1. The molecule has 0 radical (unpaired) electrons. The standard InChI is InChI=1S/C8H10FN.C4H9N/c9-8(6-10)7-4-2-1-3-5-7;1-4(5)2-3-4/h1-5,8H,6,10H2;2-3,5H2,1H3. The molecule has 1 fully saturated rings. The third-order valence-corrected chi connectivity index (χ3v) is 2.41. The third-order valence-electron chi connectivity index (χ3n) is 2.41. The molecule has 1 aliphatic carbocycles. The van der Waals surface area contributed by atoms with Crippen molar-refractivity contribution in [2.24, 2.45) is 11.5 Å². The summed E-state index contributed by atoms with van der Waals surface area (Å²) in [6, 6.07) is 8.93. The average molecular weight is 210 g/mol. The predicted octanol–water partition coefficient (Wildman–Crippen LogP) is 2.15. The number of rotatable bonds is 2. The molecule has 2 rings (SSSR count). The van der Waals surface area contributed by atoms with Crippen LogP contribution in [0.4, 0.5) is 4.39 Å². The van der Waals surface area contributed by atoms with Gasteiger partial charge in [-0.05, 0) is 25.3 Å². The molecule has 0 saturated heterocycles. The normalized spacial score (nSPS) is 18.7. The van der Waals surface area contributed by atoms with Gasteiger partial charge in [-0.2, -0.15) is 0 Å². The van der Waals surface area contributed by atoms with Crippen molar-refractivity contribution >= 4 is 0 Å². The molecule has 1 saturated carbocycles. The second-order valence-electron chi connectivity index (χ2n) is 4.27. The number of halogens is 1. The first-order valence-corrected chi connectivity index (χ1v) is 5.23. The van der Waals surface area contributed by atoms with E-state index < -0.39 is 6.17 Å². The Kier molecular flexibility index (Phi) is 4.24. The Morgan fingerprint density at radius 3 is 2.13 bits per heavy atom. The SMILES string of the molecule is CC1(N)CC1.NCC(F)c1ccccc1. The van der Waals surface area contributed by atoms with E-state index >= 15 is 0 Å². The maximum absolute atomic E-state index is 12.7. The van der Waals surface area contributed by atoms with Gasteiger partial charge >= 0.3 is 0 Å². The lowest BCUT2D eigenvalue weighted by Crippen LogP contribution is -2.14. The molecule has 2 nitrogen and oxygen atoms in total. The molecule has 0 heterocycles. The second kappa shape index (κ2) is 5.24. The first-order chi connectivity index (χ1) is 7.05. The van der Waals surface area contributed by atoms with Gasteiger partial charge in [0.1, 0.15) is 6.17 Å². The van der Waals surface area contributed by atoms with Crippen LogP contribution in [-0.4, -0.2) is 12.1 Å². The molecule has 84 valence electrons. The summed E-state index contributed by atoms with van der Waals surface area (Å²) in [5.74, 6) is 0. The summed E-state index contributed by atoms with van der Waals surface area (Å²) in [7, 11) is 0. The summed E-state index contributed by atoms with van der Waals surface area (Å²) >= 11 is 0.